The maximum atomic E-state index is 12.3. The van der Waals surface area contributed by atoms with Gasteiger partial charge in [-0.25, -0.2) is 9.59 Å². The van der Waals surface area contributed by atoms with Crippen LogP contribution in [-0.2, 0) is 19.2 Å². The lowest BCUT2D eigenvalue weighted by Gasteiger charge is -2.16. The summed E-state index contributed by atoms with van der Waals surface area (Å²) in [7, 11) is 0. The summed E-state index contributed by atoms with van der Waals surface area (Å²) in [5, 5.41) is 34.5. The number of hydrogen-bond donors (Lipinski definition) is 6. The number of benzene rings is 1. The fraction of sp³-hybridized carbons (Fsp3) is 0.421. The number of carbonyl (C=O) groups excluding carboxylic acids is 2. The maximum Gasteiger partial charge on any atom is 0.326 e. The summed E-state index contributed by atoms with van der Waals surface area (Å²) >= 11 is 0. The first-order chi connectivity index (χ1) is 14.1. The second-order valence-corrected chi connectivity index (χ2v) is 6.40. The summed E-state index contributed by atoms with van der Waals surface area (Å²) in [4.78, 5) is 57.3. The highest BCUT2D eigenvalue weighted by molar-refractivity contribution is 5.97. The Morgan fingerprint density at radius 3 is 1.87 bits per heavy atom. The van der Waals surface area contributed by atoms with E-state index in [1.54, 1.807) is 12.1 Å². The highest BCUT2D eigenvalue weighted by Crippen LogP contribution is 2.10. The minimum absolute atomic E-state index is 0.243. The van der Waals surface area contributed by atoms with Crippen molar-refractivity contribution in [1.82, 2.24) is 10.6 Å². The Morgan fingerprint density at radius 2 is 1.37 bits per heavy atom. The molecule has 11 heteroatoms. The molecule has 0 spiro atoms. The fourth-order valence-corrected chi connectivity index (χ4v) is 2.51. The lowest BCUT2D eigenvalue weighted by molar-refractivity contribution is -0.143. The molecule has 0 aliphatic carbocycles. The monoisotopic (exact) mass is 423 g/mol. The van der Waals surface area contributed by atoms with Gasteiger partial charge in [0.25, 0.3) is 5.91 Å². The summed E-state index contributed by atoms with van der Waals surface area (Å²) in [6.45, 7) is 2.62. The van der Waals surface area contributed by atoms with Crippen molar-refractivity contribution in [2.75, 3.05) is 11.9 Å². The standard InChI is InChI=1S/C19H25N3O8/c1-2-20-12-5-3-11(4-6-12)17(26)22-14(19(29)30)7-9-15(23)21-13(18(27)28)8-10-16(24)25/h3-6,13-14,20H,2,7-10H2,1H3,(H,21,23)(H,22,26)(H,24,25)(H,27,28)(H,29,30)/t13-,14+/m1/s1. The molecular weight excluding hydrogens is 398 g/mol. The number of aliphatic carboxylic acids is 3. The number of carbonyl (C=O) groups is 5. The van der Waals surface area contributed by atoms with Crippen molar-refractivity contribution in [3.8, 4) is 0 Å². The molecule has 2 atom stereocenters. The van der Waals surface area contributed by atoms with Crippen LogP contribution in [0.15, 0.2) is 24.3 Å². The molecule has 0 unspecified atom stereocenters. The Morgan fingerprint density at radius 1 is 0.833 bits per heavy atom. The molecule has 0 saturated carbocycles. The number of amides is 2. The molecule has 164 valence electrons. The second kappa shape index (κ2) is 12.0. The molecule has 0 saturated heterocycles. The third kappa shape index (κ3) is 8.59. The van der Waals surface area contributed by atoms with Gasteiger partial charge in [0, 0.05) is 30.6 Å². The topological polar surface area (TPSA) is 182 Å². The third-order valence-corrected chi connectivity index (χ3v) is 4.07. The lowest BCUT2D eigenvalue weighted by atomic mass is 10.1. The van der Waals surface area contributed by atoms with Crippen LogP contribution in [0.3, 0.4) is 0 Å². The zero-order valence-corrected chi connectivity index (χ0v) is 16.4. The number of rotatable bonds is 13. The predicted octanol–water partition coefficient (Wildman–Crippen LogP) is 0.516. The van der Waals surface area contributed by atoms with Crippen molar-refractivity contribution in [3.63, 3.8) is 0 Å². The van der Waals surface area contributed by atoms with Crippen LogP contribution >= 0.6 is 0 Å². The van der Waals surface area contributed by atoms with E-state index in [1.807, 2.05) is 6.92 Å². The molecule has 30 heavy (non-hydrogen) atoms. The molecule has 11 nitrogen and oxygen atoms in total. The van der Waals surface area contributed by atoms with E-state index in [0.717, 1.165) is 5.69 Å². The Kier molecular flexibility index (Phi) is 9.80. The number of carboxylic acid groups (broad SMARTS) is 3. The van der Waals surface area contributed by atoms with Gasteiger partial charge in [-0.2, -0.15) is 0 Å². The van der Waals surface area contributed by atoms with Crippen molar-refractivity contribution in [2.45, 2.75) is 44.7 Å². The Balaban J connectivity index is 2.63. The summed E-state index contributed by atoms with van der Waals surface area (Å²) < 4.78 is 0. The molecule has 0 aromatic heterocycles. The van der Waals surface area contributed by atoms with Gasteiger partial charge in [0.1, 0.15) is 12.1 Å². The predicted molar refractivity (Wildman–Crippen MR) is 105 cm³/mol. The van der Waals surface area contributed by atoms with E-state index in [9.17, 15) is 29.1 Å². The molecule has 0 bridgehead atoms. The molecule has 1 aromatic rings. The number of nitrogens with one attached hydrogen (secondary N) is 3. The van der Waals surface area contributed by atoms with Crippen LogP contribution in [0.25, 0.3) is 0 Å². The van der Waals surface area contributed by atoms with Gasteiger partial charge in [-0.3, -0.25) is 14.4 Å². The van der Waals surface area contributed by atoms with Crippen LogP contribution in [0.1, 0.15) is 43.0 Å². The molecule has 6 N–H and O–H groups in total. The molecule has 0 aliphatic rings. The number of hydrogen-bond acceptors (Lipinski definition) is 6. The highest BCUT2D eigenvalue weighted by atomic mass is 16.4. The Labute approximate surface area is 172 Å². The quantitative estimate of drug-likeness (QED) is 0.263. The Hall–Kier alpha value is -3.63. The molecule has 1 aromatic carbocycles. The summed E-state index contributed by atoms with van der Waals surface area (Å²) in [6, 6.07) is 3.63. The van der Waals surface area contributed by atoms with E-state index in [4.69, 9.17) is 10.2 Å². The first-order valence-electron chi connectivity index (χ1n) is 9.25. The van der Waals surface area contributed by atoms with Gasteiger partial charge in [-0.05, 0) is 44.0 Å². The van der Waals surface area contributed by atoms with Crippen molar-refractivity contribution >= 4 is 35.4 Å². The molecule has 1 rings (SSSR count). The van der Waals surface area contributed by atoms with Gasteiger partial charge in [-0.15, -0.1) is 0 Å². The van der Waals surface area contributed by atoms with Crippen molar-refractivity contribution in [3.05, 3.63) is 29.8 Å². The highest BCUT2D eigenvalue weighted by Gasteiger charge is 2.24. The summed E-state index contributed by atoms with van der Waals surface area (Å²) in [5.41, 5.74) is 1.04. The van der Waals surface area contributed by atoms with Gasteiger partial charge >= 0.3 is 17.9 Å². The number of carboxylic acids is 3. The minimum Gasteiger partial charge on any atom is -0.481 e. The zero-order valence-electron chi connectivity index (χ0n) is 16.4. The lowest BCUT2D eigenvalue weighted by Crippen LogP contribution is -2.44. The van der Waals surface area contributed by atoms with Gasteiger partial charge in [0.2, 0.25) is 5.91 Å². The van der Waals surface area contributed by atoms with Gasteiger partial charge in [-0.1, -0.05) is 0 Å². The van der Waals surface area contributed by atoms with E-state index >= 15 is 0 Å². The normalized spacial score (nSPS) is 12.3. The average molecular weight is 423 g/mol. The van der Waals surface area contributed by atoms with Gasteiger partial charge in [0.15, 0.2) is 0 Å². The van der Waals surface area contributed by atoms with Crippen LogP contribution in [0.5, 0.6) is 0 Å². The molecule has 0 aliphatic heterocycles. The Bertz CT molecular complexity index is 778. The first-order valence-corrected chi connectivity index (χ1v) is 9.25. The average Bonchev–Trinajstić information content (AvgIpc) is 2.68. The van der Waals surface area contributed by atoms with Crippen molar-refractivity contribution < 1.29 is 39.3 Å². The third-order valence-electron chi connectivity index (χ3n) is 4.07. The van der Waals surface area contributed by atoms with Crippen LogP contribution < -0.4 is 16.0 Å². The second-order valence-electron chi connectivity index (χ2n) is 6.40. The summed E-state index contributed by atoms with van der Waals surface area (Å²) in [5.74, 6) is -5.34. The van der Waals surface area contributed by atoms with E-state index in [-0.39, 0.29) is 24.8 Å². The van der Waals surface area contributed by atoms with E-state index in [1.165, 1.54) is 12.1 Å². The maximum absolute atomic E-state index is 12.3. The van der Waals surface area contributed by atoms with E-state index < -0.39 is 48.2 Å². The molecule has 0 radical (unpaired) electrons. The van der Waals surface area contributed by atoms with E-state index in [2.05, 4.69) is 16.0 Å². The van der Waals surface area contributed by atoms with Crippen LogP contribution in [0.2, 0.25) is 0 Å². The van der Waals surface area contributed by atoms with Crippen LogP contribution in [0, 0.1) is 0 Å². The van der Waals surface area contributed by atoms with Gasteiger partial charge in [0.05, 0.1) is 0 Å². The molecule has 0 heterocycles. The smallest absolute Gasteiger partial charge is 0.326 e. The summed E-state index contributed by atoms with van der Waals surface area (Å²) in [6.07, 6.45) is -1.39. The molecular formula is C19H25N3O8. The van der Waals surface area contributed by atoms with E-state index in [0.29, 0.717) is 6.54 Å². The number of anilines is 1. The first kappa shape index (κ1) is 24.4. The van der Waals surface area contributed by atoms with Crippen LogP contribution in [0.4, 0.5) is 5.69 Å². The minimum atomic E-state index is -1.40. The fourth-order valence-electron chi connectivity index (χ4n) is 2.51. The SMILES string of the molecule is CCNc1ccc(C(=O)N[C@@H](CCC(=O)N[C@H](CCC(=O)O)C(=O)O)C(=O)O)cc1. The largest absolute Gasteiger partial charge is 0.481 e. The van der Waals surface area contributed by atoms with Crippen molar-refractivity contribution in [1.29, 1.82) is 0 Å². The molecule has 0 fully saturated rings. The van der Waals surface area contributed by atoms with Gasteiger partial charge < -0.3 is 31.3 Å². The zero-order chi connectivity index (χ0) is 22.7. The van der Waals surface area contributed by atoms with Crippen LogP contribution in [-0.4, -0.2) is 63.7 Å². The molecule has 2 amide bonds. The van der Waals surface area contributed by atoms with Crippen molar-refractivity contribution in [2.24, 2.45) is 0 Å².